The summed E-state index contributed by atoms with van der Waals surface area (Å²) in [7, 11) is 0. The Labute approximate surface area is 150 Å². The first-order chi connectivity index (χ1) is 12.2. The van der Waals surface area contributed by atoms with Gasteiger partial charge >= 0.3 is 0 Å². The van der Waals surface area contributed by atoms with E-state index in [0.29, 0.717) is 23.5 Å². The van der Waals surface area contributed by atoms with E-state index in [1.807, 2.05) is 48.7 Å². The van der Waals surface area contributed by atoms with E-state index in [9.17, 15) is 10.1 Å². The van der Waals surface area contributed by atoms with Crippen molar-refractivity contribution in [2.75, 3.05) is 0 Å². The number of ketones is 1. The molecule has 0 aliphatic rings. The van der Waals surface area contributed by atoms with Crippen molar-refractivity contribution < 1.29 is 4.79 Å². The molecule has 1 aromatic carbocycles. The van der Waals surface area contributed by atoms with Gasteiger partial charge in [-0.1, -0.05) is 35.9 Å². The molecule has 0 aliphatic heterocycles. The van der Waals surface area contributed by atoms with E-state index in [2.05, 4.69) is 22.1 Å². The molecule has 0 saturated heterocycles. The Morgan fingerprint density at radius 2 is 2.12 bits per heavy atom. The minimum Gasteiger partial charge on any atom is -0.298 e. The van der Waals surface area contributed by atoms with Gasteiger partial charge in [0.2, 0.25) is 0 Å². The number of Topliss-reactive ketones (excluding diaryl/α,β-unsaturated/α-hetero) is 1. The van der Waals surface area contributed by atoms with Gasteiger partial charge in [-0.3, -0.25) is 9.78 Å². The standard InChI is InChI=1S/C20H17N3OS/c1-14-5-4-6-15(11-14)8-9-19(24)16(12-21)20-23-18(13-25-20)17-7-2-3-10-22-17/h2-7,10-11,13,16H,8-9H2,1H3/t16-/m1/s1. The summed E-state index contributed by atoms with van der Waals surface area (Å²) in [5.41, 5.74) is 3.72. The Morgan fingerprint density at radius 3 is 2.84 bits per heavy atom. The fraction of sp³-hybridized carbons (Fsp3) is 0.200. The predicted octanol–water partition coefficient (Wildman–Crippen LogP) is 4.32. The first kappa shape index (κ1) is 17.0. The molecule has 0 bridgehead atoms. The van der Waals surface area contributed by atoms with Gasteiger partial charge in [-0.15, -0.1) is 11.3 Å². The van der Waals surface area contributed by atoms with E-state index in [4.69, 9.17) is 0 Å². The number of hydrogen-bond donors (Lipinski definition) is 0. The number of carbonyl (C=O) groups is 1. The summed E-state index contributed by atoms with van der Waals surface area (Å²) in [6.45, 7) is 2.03. The lowest BCUT2D eigenvalue weighted by Gasteiger charge is -2.06. The number of thiazole rings is 1. The number of hydrogen-bond acceptors (Lipinski definition) is 5. The first-order valence-corrected chi connectivity index (χ1v) is 8.90. The third-order valence-corrected chi connectivity index (χ3v) is 4.80. The van der Waals surface area contributed by atoms with E-state index >= 15 is 0 Å². The molecule has 3 rings (SSSR count). The molecule has 25 heavy (non-hydrogen) atoms. The molecule has 0 amide bonds. The van der Waals surface area contributed by atoms with Crippen molar-refractivity contribution in [3.8, 4) is 17.5 Å². The van der Waals surface area contributed by atoms with Gasteiger partial charge in [0.1, 0.15) is 5.01 Å². The Bertz CT molecular complexity index is 912. The summed E-state index contributed by atoms with van der Waals surface area (Å²) in [5.74, 6) is -0.904. The van der Waals surface area contributed by atoms with Gasteiger partial charge in [-0.25, -0.2) is 4.98 Å². The highest BCUT2D eigenvalue weighted by atomic mass is 32.1. The molecule has 4 nitrogen and oxygen atoms in total. The van der Waals surface area contributed by atoms with Gasteiger partial charge in [-0.2, -0.15) is 5.26 Å². The Kier molecular flexibility index (Phi) is 5.32. The van der Waals surface area contributed by atoms with Crippen LogP contribution in [0.1, 0.15) is 28.5 Å². The second-order valence-corrected chi connectivity index (χ2v) is 6.69. The van der Waals surface area contributed by atoms with Crippen LogP contribution in [0.4, 0.5) is 0 Å². The molecular formula is C20H17N3OS. The van der Waals surface area contributed by atoms with Gasteiger partial charge in [-0.05, 0) is 31.0 Å². The SMILES string of the molecule is Cc1cccc(CCC(=O)[C@@H](C#N)c2nc(-c3ccccn3)cs2)c1. The molecule has 0 N–H and O–H groups in total. The Hall–Kier alpha value is -2.84. The molecule has 3 aromatic rings. The molecule has 0 radical (unpaired) electrons. The summed E-state index contributed by atoms with van der Waals surface area (Å²) in [6.07, 6.45) is 2.67. The van der Waals surface area contributed by atoms with Gasteiger partial charge in [0.25, 0.3) is 0 Å². The molecule has 0 fully saturated rings. The van der Waals surface area contributed by atoms with Crippen LogP contribution in [0.3, 0.4) is 0 Å². The highest BCUT2D eigenvalue weighted by molar-refractivity contribution is 7.10. The minimum atomic E-state index is -0.813. The van der Waals surface area contributed by atoms with E-state index in [-0.39, 0.29) is 5.78 Å². The summed E-state index contributed by atoms with van der Waals surface area (Å²) < 4.78 is 0. The van der Waals surface area contributed by atoms with Crippen molar-refractivity contribution in [1.29, 1.82) is 5.26 Å². The van der Waals surface area contributed by atoms with Crippen molar-refractivity contribution >= 4 is 17.1 Å². The maximum absolute atomic E-state index is 12.5. The highest BCUT2D eigenvalue weighted by Crippen LogP contribution is 2.26. The second-order valence-electron chi connectivity index (χ2n) is 5.80. The third kappa shape index (κ3) is 4.17. The molecular weight excluding hydrogens is 330 g/mol. The number of benzene rings is 1. The lowest BCUT2D eigenvalue weighted by molar-refractivity contribution is -0.119. The van der Waals surface area contributed by atoms with E-state index in [1.54, 1.807) is 6.20 Å². The van der Waals surface area contributed by atoms with Crippen LogP contribution in [0.5, 0.6) is 0 Å². The van der Waals surface area contributed by atoms with Crippen molar-refractivity contribution in [1.82, 2.24) is 9.97 Å². The van der Waals surface area contributed by atoms with Crippen LogP contribution in [0.25, 0.3) is 11.4 Å². The van der Waals surface area contributed by atoms with Gasteiger partial charge < -0.3 is 0 Å². The zero-order chi connectivity index (χ0) is 17.6. The van der Waals surface area contributed by atoms with Crippen LogP contribution >= 0.6 is 11.3 Å². The van der Waals surface area contributed by atoms with E-state index in [1.165, 1.54) is 16.9 Å². The summed E-state index contributed by atoms with van der Waals surface area (Å²) in [5, 5.41) is 11.8. The largest absolute Gasteiger partial charge is 0.298 e. The number of nitrogens with zero attached hydrogens (tertiary/aromatic N) is 3. The minimum absolute atomic E-state index is 0.0917. The lowest BCUT2D eigenvalue weighted by Crippen LogP contribution is -2.11. The fourth-order valence-corrected chi connectivity index (χ4v) is 3.47. The summed E-state index contributed by atoms with van der Waals surface area (Å²) >= 11 is 1.34. The van der Waals surface area contributed by atoms with Crippen LogP contribution < -0.4 is 0 Å². The highest BCUT2D eigenvalue weighted by Gasteiger charge is 2.23. The molecule has 124 valence electrons. The summed E-state index contributed by atoms with van der Waals surface area (Å²) in [6, 6.07) is 15.8. The van der Waals surface area contributed by atoms with E-state index < -0.39 is 5.92 Å². The second kappa shape index (κ2) is 7.82. The van der Waals surface area contributed by atoms with Gasteiger partial charge in [0, 0.05) is 18.0 Å². The number of nitriles is 1. The smallest absolute Gasteiger partial charge is 0.157 e. The number of pyridine rings is 1. The lowest BCUT2D eigenvalue weighted by atomic mass is 9.99. The molecule has 0 unspecified atom stereocenters. The number of rotatable bonds is 6. The average molecular weight is 347 g/mol. The molecule has 2 aromatic heterocycles. The molecule has 1 atom stereocenters. The molecule has 0 saturated carbocycles. The van der Waals surface area contributed by atoms with Gasteiger partial charge in [0.05, 0.1) is 17.5 Å². The predicted molar refractivity (Wildman–Crippen MR) is 98.2 cm³/mol. The average Bonchev–Trinajstić information content (AvgIpc) is 3.11. The first-order valence-electron chi connectivity index (χ1n) is 8.02. The maximum Gasteiger partial charge on any atom is 0.157 e. The van der Waals surface area contributed by atoms with Crippen molar-refractivity contribution in [2.24, 2.45) is 0 Å². The number of aryl methyl sites for hydroxylation is 2. The monoisotopic (exact) mass is 347 g/mol. The Balaban J connectivity index is 1.71. The number of aromatic nitrogens is 2. The van der Waals surface area contributed by atoms with E-state index in [0.717, 1.165) is 11.3 Å². The van der Waals surface area contributed by atoms with Crippen LogP contribution in [-0.4, -0.2) is 15.8 Å². The van der Waals surface area contributed by atoms with Crippen molar-refractivity contribution in [2.45, 2.75) is 25.7 Å². The maximum atomic E-state index is 12.5. The third-order valence-electron chi connectivity index (χ3n) is 3.89. The molecule has 0 spiro atoms. The number of carbonyl (C=O) groups excluding carboxylic acids is 1. The molecule has 5 heteroatoms. The van der Waals surface area contributed by atoms with Crippen LogP contribution in [0.15, 0.2) is 54.0 Å². The van der Waals surface area contributed by atoms with Crippen molar-refractivity contribution in [3.05, 3.63) is 70.2 Å². The van der Waals surface area contributed by atoms with Gasteiger partial charge in [0.15, 0.2) is 11.7 Å². The molecule has 0 aliphatic carbocycles. The van der Waals surface area contributed by atoms with Crippen LogP contribution in [-0.2, 0) is 11.2 Å². The fourth-order valence-electron chi connectivity index (χ4n) is 2.60. The van der Waals surface area contributed by atoms with Crippen LogP contribution in [0.2, 0.25) is 0 Å². The van der Waals surface area contributed by atoms with Crippen LogP contribution in [0, 0.1) is 18.3 Å². The zero-order valence-corrected chi connectivity index (χ0v) is 14.7. The molecule has 2 heterocycles. The van der Waals surface area contributed by atoms with Crippen molar-refractivity contribution in [3.63, 3.8) is 0 Å². The quantitative estimate of drug-likeness (QED) is 0.666. The Morgan fingerprint density at radius 1 is 1.24 bits per heavy atom. The normalized spacial score (nSPS) is 11.7. The zero-order valence-electron chi connectivity index (χ0n) is 13.8. The topological polar surface area (TPSA) is 66.6 Å². The summed E-state index contributed by atoms with van der Waals surface area (Å²) in [4.78, 5) is 21.2.